The van der Waals surface area contributed by atoms with Gasteiger partial charge in [0.2, 0.25) is 0 Å². The van der Waals surface area contributed by atoms with Crippen LogP contribution < -0.4 is 21.3 Å². The Morgan fingerprint density at radius 1 is 0.633 bits per heavy atom. The third-order valence-electron chi connectivity index (χ3n) is 3.02. The predicted molar refractivity (Wildman–Crippen MR) is 107 cm³/mol. The molecule has 0 saturated carbocycles. The molecule has 0 aromatic rings. The van der Waals surface area contributed by atoms with Crippen LogP contribution in [0.2, 0.25) is 0 Å². The summed E-state index contributed by atoms with van der Waals surface area (Å²) < 4.78 is 10.0. The van der Waals surface area contributed by atoms with Crippen molar-refractivity contribution in [1.29, 1.82) is 0 Å². The van der Waals surface area contributed by atoms with Crippen LogP contribution in [0.25, 0.3) is 0 Å². The fourth-order valence-electron chi connectivity index (χ4n) is 1.82. The van der Waals surface area contributed by atoms with Crippen LogP contribution >= 0.6 is 0 Å². The van der Waals surface area contributed by atoms with E-state index in [1.54, 1.807) is 41.5 Å². The normalized spacial score (nSPS) is 13.5. The highest BCUT2D eigenvalue weighted by molar-refractivity contribution is 5.90. The third kappa shape index (κ3) is 13.6. The van der Waals surface area contributed by atoms with Gasteiger partial charge < -0.3 is 41.0 Å². The maximum absolute atomic E-state index is 11.8. The van der Waals surface area contributed by atoms with Crippen molar-refractivity contribution in [3.05, 3.63) is 0 Å². The topological polar surface area (TPSA) is 175 Å². The molecule has 0 aliphatic heterocycles. The molecule has 0 aromatic heterocycles. The molecule has 0 aliphatic rings. The van der Waals surface area contributed by atoms with Crippen molar-refractivity contribution >= 4 is 24.0 Å². The Morgan fingerprint density at radius 3 is 1.17 bits per heavy atom. The molecule has 0 spiro atoms. The van der Waals surface area contributed by atoms with Crippen LogP contribution in [0.5, 0.6) is 0 Å². The smallest absolute Gasteiger partial charge is 0.407 e. The Kier molecular flexibility index (Phi) is 11.1. The van der Waals surface area contributed by atoms with Crippen LogP contribution in [-0.2, 0) is 19.1 Å². The van der Waals surface area contributed by atoms with E-state index < -0.39 is 47.4 Å². The summed E-state index contributed by atoms with van der Waals surface area (Å²) in [5, 5.41) is 28.9. The summed E-state index contributed by atoms with van der Waals surface area (Å²) in [5.41, 5.74) is -1.33. The van der Waals surface area contributed by atoms with Gasteiger partial charge in [-0.3, -0.25) is 9.59 Å². The molecule has 12 nitrogen and oxygen atoms in total. The molecule has 30 heavy (non-hydrogen) atoms. The average Bonchev–Trinajstić information content (AvgIpc) is 2.57. The maximum atomic E-state index is 11.8. The van der Waals surface area contributed by atoms with Gasteiger partial charge in [-0.25, -0.2) is 9.59 Å². The molecule has 0 aliphatic carbocycles. The molecule has 0 radical (unpaired) electrons. The van der Waals surface area contributed by atoms with Crippen molar-refractivity contribution in [2.45, 2.75) is 65.0 Å². The van der Waals surface area contributed by atoms with E-state index in [1.807, 2.05) is 0 Å². The molecule has 12 heteroatoms. The number of amides is 4. The van der Waals surface area contributed by atoms with Crippen molar-refractivity contribution in [3.63, 3.8) is 0 Å². The number of hydrogen-bond acceptors (Lipinski definition) is 8. The lowest BCUT2D eigenvalue weighted by molar-refractivity contribution is -0.146. The minimum atomic E-state index is -2.01. The van der Waals surface area contributed by atoms with Crippen LogP contribution in [0.3, 0.4) is 0 Å². The van der Waals surface area contributed by atoms with E-state index in [4.69, 9.17) is 9.47 Å². The zero-order chi connectivity index (χ0) is 23.5. The quantitative estimate of drug-likeness (QED) is 0.250. The van der Waals surface area contributed by atoms with Gasteiger partial charge in [0.1, 0.15) is 11.2 Å². The molecule has 174 valence electrons. The van der Waals surface area contributed by atoms with Crippen molar-refractivity contribution in [2.24, 2.45) is 0 Å². The van der Waals surface area contributed by atoms with E-state index in [0.29, 0.717) is 0 Å². The standard InChI is InChI=1S/C18H34N4O8/c1-17(2,3)29-15(27)21-9-7-19-13(25)11(23)12(24)14(26)20-8-10-22-16(28)30-18(4,5)6/h11-12,23-24H,7-10H2,1-6H3,(H,19,25)(H,20,26)(H,21,27)(H,22,28)/t11-,12-/m1/s1. The summed E-state index contributed by atoms with van der Waals surface area (Å²) in [6, 6.07) is 0. The molecular formula is C18H34N4O8. The van der Waals surface area contributed by atoms with Gasteiger partial charge in [-0.05, 0) is 41.5 Å². The van der Waals surface area contributed by atoms with Crippen molar-refractivity contribution in [2.75, 3.05) is 26.2 Å². The number of alkyl carbamates (subject to hydrolysis) is 2. The van der Waals surface area contributed by atoms with Crippen LogP contribution in [0, 0.1) is 0 Å². The summed E-state index contributed by atoms with van der Waals surface area (Å²) in [6.07, 6.45) is -5.36. The Labute approximate surface area is 176 Å². The van der Waals surface area contributed by atoms with Gasteiger partial charge in [-0.2, -0.15) is 0 Å². The highest BCUT2D eigenvalue weighted by Crippen LogP contribution is 2.06. The summed E-state index contributed by atoms with van der Waals surface area (Å²) in [5.74, 6) is -1.98. The minimum Gasteiger partial charge on any atom is -0.444 e. The van der Waals surface area contributed by atoms with Crippen LogP contribution in [-0.4, -0.2) is 83.8 Å². The Hall–Kier alpha value is -2.60. The first-order valence-electron chi connectivity index (χ1n) is 9.47. The number of hydrogen-bond donors (Lipinski definition) is 6. The number of carbonyl (C=O) groups is 4. The van der Waals surface area contributed by atoms with Crippen molar-refractivity contribution in [3.8, 4) is 0 Å². The predicted octanol–water partition coefficient (Wildman–Crippen LogP) is -1.01. The molecule has 0 heterocycles. The molecule has 0 fully saturated rings. The highest BCUT2D eigenvalue weighted by atomic mass is 16.6. The fraction of sp³-hybridized carbons (Fsp3) is 0.778. The Morgan fingerprint density at radius 2 is 0.900 bits per heavy atom. The van der Waals surface area contributed by atoms with Gasteiger partial charge in [0.05, 0.1) is 0 Å². The SMILES string of the molecule is CC(C)(C)OC(=O)NCCNC(=O)[C@H](O)[C@@H](O)C(=O)NCCNC(=O)OC(C)(C)C. The summed E-state index contributed by atoms with van der Waals surface area (Å²) in [4.78, 5) is 46.5. The van der Waals surface area contributed by atoms with E-state index in [0.717, 1.165) is 0 Å². The summed E-state index contributed by atoms with van der Waals surface area (Å²) in [6.45, 7) is 10.1. The largest absolute Gasteiger partial charge is 0.444 e. The van der Waals surface area contributed by atoms with Gasteiger partial charge >= 0.3 is 12.2 Å². The first-order chi connectivity index (χ1) is 13.6. The summed E-state index contributed by atoms with van der Waals surface area (Å²) in [7, 11) is 0. The van der Waals surface area contributed by atoms with Crippen LogP contribution in [0.15, 0.2) is 0 Å². The zero-order valence-electron chi connectivity index (χ0n) is 18.3. The lowest BCUT2D eigenvalue weighted by atomic mass is 10.1. The number of nitrogens with one attached hydrogen (secondary N) is 4. The summed E-state index contributed by atoms with van der Waals surface area (Å²) >= 11 is 0. The average molecular weight is 434 g/mol. The number of aliphatic hydroxyl groups excluding tert-OH is 2. The monoisotopic (exact) mass is 434 g/mol. The molecule has 0 aromatic carbocycles. The number of carbonyl (C=O) groups excluding carboxylic acids is 4. The lowest BCUT2D eigenvalue weighted by Gasteiger charge is -2.20. The molecule has 0 rings (SSSR count). The number of rotatable bonds is 9. The lowest BCUT2D eigenvalue weighted by Crippen LogP contribution is -2.51. The van der Waals surface area contributed by atoms with Crippen molar-refractivity contribution < 1.29 is 38.9 Å². The zero-order valence-corrected chi connectivity index (χ0v) is 18.3. The molecule has 2 atom stereocenters. The van der Waals surface area contributed by atoms with Gasteiger partial charge in [0.15, 0.2) is 12.2 Å². The molecule has 0 unspecified atom stereocenters. The second kappa shape index (κ2) is 12.2. The van der Waals surface area contributed by atoms with Gasteiger partial charge in [-0.1, -0.05) is 0 Å². The van der Waals surface area contributed by atoms with Crippen LogP contribution in [0.1, 0.15) is 41.5 Å². The Balaban J connectivity index is 4.12. The Bertz CT molecular complexity index is 546. The highest BCUT2D eigenvalue weighted by Gasteiger charge is 2.30. The second-order valence-electron chi connectivity index (χ2n) is 8.33. The van der Waals surface area contributed by atoms with Crippen molar-refractivity contribution in [1.82, 2.24) is 21.3 Å². The first-order valence-corrected chi connectivity index (χ1v) is 9.47. The number of ether oxygens (including phenoxy) is 2. The third-order valence-corrected chi connectivity index (χ3v) is 3.02. The van der Waals surface area contributed by atoms with Gasteiger partial charge in [-0.15, -0.1) is 0 Å². The van der Waals surface area contributed by atoms with E-state index in [1.165, 1.54) is 0 Å². The molecular weight excluding hydrogens is 400 g/mol. The molecule has 0 saturated heterocycles. The minimum absolute atomic E-state index is 0.0198. The fourth-order valence-corrected chi connectivity index (χ4v) is 1.82. The maximum Gasteiger partial charge on any atom is 0.407 e. The van der Waals surface area contributed by atoms with E-state index >= 15 is 0 Å². The molecule has 4 amide bonds. The molecule has 6 N–H and O–H groups in total. The first kappa shape index (κ1) is 27.4. The van der Waals surface area contributed by atoms with Crippen LogP contribution in [0.4, 0.5) is 9.59 Å². The van der Waals surface area contributed by atoms with E-state index in [9.17, 15) is 29.4 Å². The number of aliphatic hydroxyl groups is 2. The molecule has 0 bridgehead atoms. The van der Waals surface area contributed by atoms with Gasteiger partial charge in [0.25, 0.3) is 11.8 Å². The van der Waals surface area contributed by atoms with E-state index in [2.05, 4.69) is 21.3 Å². The second-order valence-corrected chi connectivity index (χ2v) is 8.33. The van der Waals surface area contributed by atoms with E-state index in [-0.39, 0.29) is 26.2 Å². The van der Waals surface area contributed by atoms with Gasteiger partial charge in [0, 0.05) is 26.2 Å².